The number of rotatable bonds is 12. The first-order valence-electron chi connectivity index (χ1n) is 14.4. The first kappa shape index (κ1) is 35.4. The molecule has 0 radical (unpaired) electrons. The van der Waals surface area contributed by atoms with Crippen LogP contribution in [0.5, 0.6) is 0 Å². The van der Waals surface area contributed by atoms with Gasteiger partial charge in [0.15, 0.2) is 11.6 Å². The number of aromatic nitrogens is 1. The van der Waals surface area contributed by atoms with Crippen LogP contribution in [0.1, 0.15) is 66.6 Å². The van der Waals surface area contributed by atoms with Gasteiger partial charge in [-0.25, -0.2) is 8.78 Å². The molecule has 1 amide bonds. The van der Waals surface area contributed by atoms with Crippen molar-refractivity contribution in [1.82, 2.24) is 14.8 Å². The van der Waals surface area contributed by atoms with Gasteiger partial charge in [0.1, 0.15) is 6.04 Å². The number of hydrogen-bond donors (Lipinski definition) is 2. The number of aryl methyl sites for hydroxylation is 2. The Morgan fingerprint density at radius 3 is 2.20 bits per heavy atom. The summed E-state index contributed by atoms with van der Waals surface area (Å²) in [5, 5.41) is 12.1. The van der Waals surface area contributed by atoms with Gasteiger partial charge in [-0.1, -0.05) is 32.0 Å². The molecule has 7 nitrogen and oxygen atoms in total. The van der Waals surface area contributed by atoms with Gasteiger partial charge in [-0.15, -0.1) is 0 Å². The fourth-order valence-electron chi connectivity index (χ4n) is 5.40. The molecule has 0 saturated carbocycles. The molecule has 3 aromatic rings. The number of benzene rings is 2. The number of hydrogen-bond acceptors (Lipinski definition) is 4. The predicted octanol–water partition coefficient (Wildman–Crippen LogP) is 6.45. The van der Waals surface area contributed by atoms with E-state index in [-0.39, 0.29) is 36.4 Å². The Labute approximate surface area is 258 Å². The van der Waals surface area contributed by atoms with E-state index in [1.54, 1.807) is 64.9 Å². The lowest BCUT2D eigenvalue weighted by Gasteiger charge is -2.27. The second kappa shape index (κ2) is 14.4. The Bertz CT molecular complexity index is 1590. The third kappa shape index (κ3) is 8.78. The molecule has 0 aliphatic carbocycles. The standard InChI is InChI=1S/C33H38F5N3O4/c1-18(2)12-27(41-17-21(10-11-40(5)6)24(15-28(41)42)33(36,37)38)32(45)39-26(16-29(43)44)23-13-22(14-25(34)31(23)35)30-19(3)8-7-9-20(30)4/h7-9,13-15,17-18,26-27H,10-12,16H2,1-6H3,(H,39,45)(H,43,44). The van der Waals surface area contributed by atoms with Gasteiger partial charge in [0.2, 0.25) is 5.91 Å². The van der Waals surface area contributed by atoms with Crippen LogP contribution in [0, 0.1) is 31.4 Å². The lowest BCUT2D eigenvalue weighted by Crippen LogP contribution is -2.41. The van der Waals surface area contributed by atoms with Crippen molar-refractivity contribution in [3.63, 3.8) is 0 Å². The van der Waals surface area contributed by atoms with Crippen LogP contribution < -0.4 is 10.9 Å². The number of carboxylic acids is 1. The van der Waals surface area contributed by atoms with Crippen LogP contribution in [0.3, 0.4) is 0 Å². The summed E-state index contributed by atoms with van der Waals surface area (Å²) in [6.45, 7) is 7.26. The van der Waals surface area contributed by atoms with Gasteiger partial charge in [0, 0.05) is 24.4 Å². The number of carbonyl (C=O) groups excluding carboxylic acids is 1. The maximum Gasteiger partial charge on any atom is 0.416 e. The molecule has 244 valence electrons. The summed E-state index contributed by atoms with van der Waals surface area (Å²) in [4.78, 5) is 40.4. The highest BCUT2D eigenvalue weighted by Crippen LogP contribution is 2.34. The highest BCUT2D eigenvalue weighted by Gasteiger charge is 2.36. The lowest BCUT2D eigenvalue weighted by atomic mass is 9.92. The van der Waals surface area contributed by atoms with Crippen molar-refractivity contribution in [3.8, 4) is 11.1 Å². The first-order valence-corrected chi connectivity index (χ1v) is 14.4. The van der Waals surface area contributed by atoms with E-state index < -0.39 is 64.9 Å². The van der Waals surface area contributed by atoms with Crippen LogP contribution in [-0.4, -0.2) is 47.1 Å². The average molecular weight is 636 g/mol. The minimum Gasteiger partial charge on any atom is -0.481 e. The molecule has 2 N–H and O–H groups in total. The molecule has 45 heavy (non-hydrogen) atoms. The third-order valence-electron chi connectivity index (χ3n) is 7.53. The fraction of sp³-hybridized carbons (Fsp3) is 0.424. The van der Waals surface area contributed by atoms with Gasteiger partial charge in [-0.2, -0.15) is 13.2 Å². The first-order chi connectivity index (χ1) is 20.9. The molecule has 0 fully saturated rings. The molecule has 2 unspecified atom stereocenters. The van der Waals surface area contributed by atoms with Crippen molar-refractivity contribution in [3.05, 3.63) is 92.4 Å². The normalized spacial score (nSPS) is 13.3. The summed E-state index contributed by atoms with van der Waals surface area (Å²) < 4.78 is 72.8. The monoisotopic (exact) mass is 635 g/mol. The molecule has 0 aliphatic heterocycles. The Balaban J connectivity index is 2.14. The van der Waals surface area contributed by atoms with Crippen LogP contribution in [0.25, 0.3) is 11.1 Å². The number of nitrogens with zero attached hydrogens (tertiary/aromatic N) is 2. The molecular formula is C33H38F5N3O4. The van der Waals surface area contributed by atoms with Gasteiger partial charge < -0.3 is 19.9 Å². The largest absolute Gasteiger partial charge is 0.481 e. The topological polar surface area (TPSA) is 91.6 Å². The Morgan fingerprint density at radius 1 is 1.04 bits per heavy atom. The summed E-state index contributed by atoms with van der Waals surface area (Å²) >= 11 is 0. The van der Waals surface area contributed by atoms with E-state index >= 15 is 8.78 Å². The smallest absolute Gasteiger partial charge is 0.416 e. The van der Waals surface area contributed by atoms with E-state index in [0.29, 0.717) is 11.6 Å². The maximum atomic E-state index is 15.3. The molecule has 1 aromatic heterocycles. The van der Waals surface area contributed by atoms with Crippen molar-refractivity contribution in [2.45, 2.75) is 65.2 Å². The van der Waals surface area contributed by atoms with E-state index in [4.69, 9.17) is 0 Å². The Hall–Kier alpha value is -4.06. The number of alkyl halides is 3. The predicted molar refractivity (Wildman–Crippen MR) is 161 cm³/mol. The molecule has 12 heteroatoms. The average Bonchev–Trinajstić information content (AvgIpc) is 2.91. The quantitative estimate of drug-likeness (QED) is 0.223. The Kier molecular flexibility index (Phi) is 11.3. The molecule has 3 rings (SSSR count). The minimum atomic E-state index is -4.82. The van der Waals surface area contributed by atoms with Gasteiger partial charge in [-0.3, -0.25) is 14.4 Å². The zero-order valence-electron chi connectivity index (χ0n) is 26.1. The molecule has 0 saturated heterocycles. The zero-order valence-corrected chi connectivity index (χ0v) is 26.1. The molecule has 0 spiro atoms. The minimum absolute atomic E-state index is 0.0106. The summed E-state index contributed by atoms with van der Waals surface area (Å²) in [5.41, 5.74) is -0.416. The number of aliphatic carboxylic acids is 1. The van der Waals surface area contributed by atoms with E-state index in [1.807, 2.05) is 0 Å². The van der Waals surface area contributed by atoms with Gasteiger partial charge in [-0.05, 0) is 86.7 Å². The van der Waals surface area contributed by atoms with Crippen LogP contribution in [-0.2, 0) is 22.2 Å². The van der Waals surface area contributed by atoms with Gasteiger partial charge >= 0.3 is 12.1 Å². The van der Waals surface area contributed by atoms with Crippen LogP contribution in [0.2, 0.25) is 0 Å². The third-order valence-corrected chi connectivity index (χ3v) is 7.53. The highest BCUT2D eigenvalue weighted by molar-refractivity contribution is 5.82. The van der Waals surface area contributed by atoms with E-state index in [0.717, 1.165) is 28.0 Å². The van der Waals surface area contributed by atoms with Crippen LogP contribution >= 0.6 is 0 Å². The number of halogens is 5. The second-order valence-corrected chi connectivity index (χ2v) is 11.9. The second-order valence-electron chi connectivity index (χ2n) is 11.9. The number of pyridine rings is 1. The maximum absolute atomic E-state index is 15.3. The van der Waals surface area contributed by atoms with Crippen molar-refractivity contribution in [2.24, 2.45) is 5.92 Å². The molecule has 1 heterocycles. The molecule has 2 aromatic carbocycles. The molecule has 0 aliphatic rings. The fourth-order valence-corrected chi connectivity index (χ4v) is 5.40. The SMILES string of the molecule is Cc1cccc(C)c1-c1cc(F)c(F)c(C(CC(=O)O)NC(=O)C(CC(C)C)n2cc(CCN(C)C)c(C(F)(F)F)cc2=O)c1. The summed E-state index contributed by atoms with van der Waals surface area (Å²) in [7, 11) is 3.36. The zero-order chi connectivity index (χ0) is 33.8. The van der Waals surface area contributed by atoms with E-state index in [9.17, 15) is 32.7 Å². The number of nitrogens with one attached hydrogen (secondary N) is 1. The van der Waals surface area contributed by atoms with E-state index in [1.165, 1.54) is 6.07 Å². The lowest BCUT2D eigenvalue weighted by molar-refractivity contribution is -0.139. The number of carbonyl (C=O) groups is 2. The van der Waals surface area contributed by atoms with E-state index in [2.05, 4.69) is 5.32 Å². The van der Waals surface area contributed by atoms with Gasteiger partial charge in [0.25, 0.3) is 5.56 Å². The van der Waals surface area contributed by atoms with Crippen molar-refractivity contribution in [1.29, 1.82) is 0 Å². The highest BCUT2D eigenvalue weighted by atomic mass is 19.4. The van der Waals surface area contributed by atoms with Gasteiger partial charge in [0.05, 0.1) is 18.0 Å². The number of amides is 1. The van der Waals surface area contributed by atoms with Crippen molar-refractivity contribution in [2.75, 3.05) is 20.6 Å². The van der Waals surface area contributed by atoms with Crippen molar-refractivity contribution >= 4 is 11.9 Å². The molecule has 2 atom stereocenters. The number of likely N-dealkylation sites (N-methyl/N-ethyl adjacent to an activating group) is 1. The van der Waals surface area contributed by atoms with Crippen LogP contribution in [0.15, 0.2) is 47.4 Å². The Morgan fingerprint density at radius 2 is 1.67 bits per heavy atom. The summed E-state index contributed by atoms with van der Waals surface area (Å²) in [6, 6.07) is 5.14. The van der Waals surface area contributed by atoms with Crippen LogP contribution in [0.4, 0.5) is 22.0 Å². The number of carboxylic acid groups (broad SMARTS) is 1. The molecular weight excluding hydrogens is 597 g/mol. The summed E-state index contributed by atoms with van der Waals surface area (Å²) in [5.74, 6) is -5.18. The van der Waals surface area contributed by atoms with Crippen molar-refractivity contribution < 1.29 is 36.6 Å². The molecule has 0 bridgehead atoms. The summed E-state index contributed by atoms with van der Waals surface area (Å²) in [6.07, 6.45) is -4.72.